The van der Waals surface area contributed by atoms with E-state index in [9.17, 15) is 0 Å². The minimum absolute atomic E-state index is 0.546. The second-order valence-electron chi connectivity index (χ2n) is 3.27. The van der Waals surface area contributed by atoms with Gasteiger partial charge in [0.05, 0.1) is 0 Å². The van der Waals surface area contributed by atoms with E-state index < -0.39 is 0 Å². The first-order valence-electron chi connectivity index (χ1n) is 4.95. The molecule has 1 heterocycles. The van der Waals surface area contributed by atoms with Crippen molar-refractivity contribution in [2.24, 2.45) is 5.73 Å². The van der Waals surface area contributed by atoms with E-state index in [1.807, 2.05) is 31.2 Å². The molecule has 0 aliphatic rings. The molecule has 0 aliphatic carbocycles. The van der Waals surface area contributed by atoms with E-state index in [1.165, 1.54) is 0 Å². The van der Waals surface area contributed by atoms with Gasteiger partial charge in [-0.05, 0) is 17.7 Å². The van der Waals surface area contributed by atoms with Gasteiger partial charge in [-0.15, -0.1) is 0 Å². The first-order chi connectivity index (χ1) is 7.33. The Bertz CT molecular complexity index is 433. The zero-order chi connectivity index (χ0) is 10.7. The van der Waals surface area contributed by atoms with Crippen LogP contribution in [0.4, 0.5) is 0 Å². The first-order valence-corrected chi connectivity index (χ1v) is 4.95. The van der Waals surface area contributed by atoms with Crippen molar-refractivity contribution in [3.05, 3.63) is 35.7 Å². The smallest absolute Gasteiger partial charge is 0.257 e. The fourth-order valence-electron chi connectivity index (χ4n) is 1.30. The second kappa shape index (κ2) is 4.23. The lowest BCUT2D eigenvalue weighted by Crippen LogP contribution is -1.95. The van der Waals surface area contributed by atoms with Gasteiger partial charge < -0.3 is 10.3 Å². The van der Waals surface area contributed by atoms with Crippen molar-refractivity contribution in [1.29, 1.82) is 0 Å². The number of nitrogens with zero attached hydrogens (tertiary/aromatic N) is 2. The molecule has 0 saturated carbocycles. The maximum atomic E-state index is 5.51. The van der Waals surface area contributed by atoms with Gasteiger partial charge in [-0.25, -0.2) is 0 Å². The van der Waals surface area contributed by atoms with Crippen molar-refractivity contribution >= 4 is 0 Å². The molecule has 4 nitrogen and oxygen atoms in total. The van der Waals surface area contributed by atoms with Gasteiger partial charge in [-0.2, -0.15) is 4.98 Å². The van der Waals surface area contributed by atoms with E-state index in [2.05, 4.69) is 10.1 Å². The maximum Gasteiger partial charge on any atom is 0.257 e. The number of nitrogens with two attached hydrogens (primary N) is 1. The van der Waals surface area contributed by atoms with Gasteiger partial charge in [0.1, 0.15) is 0 Å². The second-order valence-corrected chi connectivity index (χ2v) is 3.27. The van der Waals surface area contributed by atoms with Gasteiger partial charge in [0, 0.05) is 18.5 Å². The molecule has 0 saturated heterocycles. The molecule has 4 heteroatoms. The molecular weight excluding hydrogens is 190 g/mol. The Labute approximate surface area is 88.1 Å². The molecular formula is C11H13N3O. The first kappa shape index (κ1) is 9.86. The summed E-state index contributed by atoms with van der Waals surface area (Å²) in [6.45, 7) is 2.54. The van der Waals surface area contributed by atoms with Crippen LogP contribution in [0, 0.1) is 0 Å². The van der Waals surface area contributed by atoms with Gasteiger partial charge in [-0.1, -0.05) is 24.2 Å². The average Bonchev–Trinajstić information content (AvgIpc) is 2.78. The predicted octanol–water partition coefficient (Wildman–Crippen LogP) is 1.76. The molecule has 0 bridgehead atoms. The molecule has 78 valence electrons. The van der Waals surface area contributed by atoms with E-state index in [0.29, 0.717) is 12.4 Å². The number of aryl methyl sites for hydroxylation is 1. The number of benzene rings is 1. The summed E-state index contributed by atoms with van der Waals surface area (Å²) in [6.07, 6.45) is 0.782. The van der Waals surface area contributed by atoms with Crippen LogP contribution in [0.5, 0.6) is 0 Å². The molecule has 0 fully saturated rings. The molecule has 0 aliphatic heterocycles. The third-order valence-electron chi connectivity index (χ3n) is 2.22. The highest BCUT2D eigenvalue weighted by atomic mass is 16.5. The maximum absolute atomic E-state index is 5.51. The summed E-state index contributed by atoms with van der Waals surface area (Å²) in [4.78, 5) is 4.25. The zero-order valence-corrected chi connectivity index (χ0v) is 8.60. The Morgan fingerprint density at radius 1 is 1.27 bits per heavy atom. The van der Waals surface area contributed by atoms with E-state index in [1.54, 1.807) is 0 Å². The predicted molar refractivity (Wildman–Crippen MR) is 57.0 cm³/mol. The van der Waals surface area contributed by atoms with Gasteiger partial charge in [0.2, 0.25) is 0 Å². The van der Waals surface area contributed by atoms with Crippen LogP contribution in [0.3, 0.4) is 0 Å². The molecule has 2 N–H and O–H groups in total. The Kier molecular flexibility index (Phi) is 2.78. The molecule has 2 aromatic rings. The summed E-state index contributed by atoms with van der Waals surface area (Å²) < 4.78 is 5.12. The third kappa shape index (κ3) is 2.05. The quantitative estimate of drug-likeness (QED) is 0.825. The monoisotopic (exact) mass is 203 g/mol. The Morgan fingerprint density at radius 3 is 2.53 bits per heavy atom. The molecule has 0 spiro atoms. The summed E-state index contributed by atoms with van der Waals surface area (Å²) in [6, 6.07) is 7.81. The fourth-order valence-corrected chi connectivity index (χ4v) is 1.30. The lowest BCUT2D eigenvalue weighted by molar-refractivity contribution is 0.423. The van der Waals surface area contributed by atoms with E-state index in [4.69, 9.17) is 10.3 Å². The molecule has 15 heavy (non-hydrogen) atoms. The summed E-state index contributed by atoms with van der Waals surface area (Å²) in [5, 5.41) is 3.84. The summed E-state index contributed by atoms with van der Waals surface area (Å²) in [5.74, 6) is 1.29. The molecule has 0 radical (unpaired) electrons. The van der Waals surface area contributed by atoms with Crippen molar-refractivity contribution in [3.63, 3.8) is 0 Å². The molecule has 0 atom stereocenters. The van der Waals surface area contributed by atoms with Crippen LogP contribution in [0.1, 0.15) is 18.3 Å². The van der Waals surface area contributed by atoms with Crippen LogP contribution in [-0.2, 0) is 13.0 Å². The van der Waals surface area contributed by atoms with Crippen LogP contribution >= 0.6 is 0 Å². The highest BCUT2D eigenvalue weighted by molar-refractivity contribution is 5.53. The summed E-state index contributed by atoms with van der Waals surface area (Å²) in [7, 11) is 0. The zero-order valence-electron chi connectivity index (χ0n) is 8.60. The summed E-state index contributed by atoms with van der Waals surface area (Å²) >= 11 is 0. The number of rotatable bonds is 3. The van der Waals surface area contributed by atoms with Crippen LogP contribution in [0.15, 0.2) is 28.8 Å². The molecule has 1 aromatic heterocycles. The van der Waals surface area contributed by atoms with Crippen molar-refractivity contribution in [2.45, 2.75) is 19.9 Å². The van der Waals surface area contributed by atoms with E-state index in [0.717, 1.165) is 23.4 Å². The van der Waals surface area contributed by atoms with Crippen LogP contribution < -0.4 is 5.73 Å². The molecule has 1 aromatic carbocycles. The third-order valence-corrected chi connectivity index (χ3v) is 2.22. The standard InChI is InChI=1S/C11H13N3O/c1-2-10-13-11(15-14-10)9-5-3-8(7-12)4-6-9/h3-6H,2,7,12H2,1H3. The summed E-state index contributed by atoms with van der Waals surface area (Å²) in [5.41, 5.74) is 7.53. The number of hydrogen-bond donors (Lipinski definition) is 1. The SMILES string of the molecule is CCc1noc(-c2ccc(CN)cc2)n1. The normalized spacial score (nSPS) is 10.5. The lowest BCUT2D eigenvalue weighted by atomic mass is 10.1. The molecule has 0 unspecified atom stereocenters. The van der Waals surface area contributed by atoms with Crippen LogP contribution in [-0.4, -0.2) is 10.1 Å². The minimum atomic E-state index is 0.546. The molecule has 2 rings (SSSR count). The number of hydrogen-bond acceptors (Lipinski definition) is 4. The van der Waals surface area contributed by atoms with Gasteiger partial charge >= 0.3 is 0 Å². The van der Waals surface area contributed by atoms with Crippen molar-refractivity contribution < 1.29 is 4.52 Å². The van der Waals surface area contributed by atoms with Crippen molar-refractivity contribution in [3.8, 4) is 11.5 Å². The van der Waals surface area contributed by atoms with Gasteiger partial charge in [0.15, 0.2) is 5.82 Å². The van der Waals surface area contributed by atoms with Crippen molar-refractivity contribution in [2.75, 3.05) is 0 Å². The van der Waals surface area contributed by atoms with Crippen molar-refractivity contribution in [1.82, 2.24) is 10.1 Å². The fraction of sp³-hybridized carbons (Fsp3) is 0.273. The Hall–Kier alpha value is -1.68. The largest absolute Gasteiger partial charge is 0.334 e. The van der Waals surface area contributed by atoms with E-state index >= 15 is 0 Å². The highest BCUT2D eigenvalue weighted by Crippen LogP contribution is 2.17. The van der Waals surface area contributed by atoms with Gasteiger partial charge in [-0.3, -0.25) is 0 Å². The van der Waals surface area contributed by atoms with Crippen LogP contribution in [0.2, 0.25) is 0 Å². The average molecular weight is 203 g/mol. The minimum Gasteiger partial charge on any atom is -0.334 e. The molecule has 0 amide bonds. The van der Waals surface area contributed by atoms with Crippen LogP contribution in [0.25, 0.3) is 11.5 Å². The highest BCUT2D eigenvalue weighted by Gasteiger charge is 2.06. The Balaban J connectivity index is 2.28. The lowest BCUT2D eigenvalue weighted by Gasteiger charge is -1.96. The Morgan fingerprint density at radius 2 is 2.00 bits per heavy atom. The van der Waals surface area contributed by atoms with E-state index in [-0.39, 0.29) is 0 Å². The topological polar surface area (TPSA) is 64.9 Å². The van der Waals surface area contributed by atoms with Gasteiger partial charge in [0.25, 0.3) is 5.89 Å². The number of aromatic nitrogens is 2.